The Kier molecular flexibility index (Phi) is 57.2. The standard InChI is InChI=1S/2C4H10O.2Ti/c2*1-2-3-4-5;;/h2*5H,2-4H2,1H3;;. The minimum absolute atomic E-state index is 0. The van der Waals surface area contributed by atoms with Gasteiger partial charge < -0.3 is 10.2 Å². The Bertz CT molecular complexity index is 36.0. The van der Waals surface area contributed by atoms with Crippen molar-refractivity contribution >= 4 is 0 Å². The Labute approximate surface area is 106 Å². The van der Waals surface area contributed by atoms with Crippen molar-refractivity contribution in [1.29, 1.82) is 0 Å². The van der Waals surface area contributed by atoms with E-state index >= 15 is 0 Å². The van der Waals surface area contributed by atoms with Crippen LogP contribution in [0.5, 0.6) is 0 Å². The fourth-order valence-electron chi connectivity index (χ4n) is 0.316. The van der Waals surface area contributed by atoms with Crippen LogP contribution in [0.2, 0.25) is 0 Å². The van der Waals surface area contributed by atoms with Crippen LogP contribution in [0, 0.1) is 0 Å². The zero-order valence-electron chi connectivity index (χ0n) is 8.14. The van der Waals surface area contributed by atoms with Gasteiger partial charge in [0.2, 0.25) is 0 Å². The molecule has 0 aromatic carbocycles. The van der Waals surface area contributed by atoms with Crippen molar-refractivity contribution in [2.45, 2.75) is 39.5 Å². The van der Waals surface area contributed by atoms with E-state index < -0.39 is 0 Å². The fourth-order valence-corrected chi connectivity index (χ4v) is 0.316. The second-order valence-electron chi connectivity index (χ2n) is 2.15. The second kappa shape index (κ2) is 29.5. The first-order valence-corrected chi connectivity index (χ1v) is 4.05. The molecule has 4 heteroatoms. The maximum atomic E-state index is 8.07. The quantitative estimate of drug-likeness (QED) is 0.736. The van der Waals surface area contributed by atoms with Gasteiger partial charge in [0, 0.05) is 56.6 Å². The van der Waals surface area contributed by atoms with Gasteiger partial charge in [0.25, 0.3) is 0 Å². The number of aliphatic hydroxyl groups excluding tert-OH is 2. The molecule has 72 valence electrons. The van der Waals surface area contributed by atoms with Crippen molar-refractivity contribution in [3.05, 3.63) is 0 Å². The van der Waals surface area contributed by atoms with Crippen molar-refractivity contribution in [2.24, 2.45) is 0 Å². The van der Waals surface area contributed by atoms with Crippen molar-refractivity contribution < 1.29 is 53.6 Å². The van der Waals surface area contributed by atoms with Gasteiger partial charge in [0.05, 0.1) is 0 Å². The molecule has 0 saturated heterocycles. The molecule has 0 atom stereocenters. The summed E-state index contributed by atoms with van der Waals surface area (Å²) in [7, 11) is 0. The molecule has 0 aromatic rings. The van der Waals surface area contributed by atoms with Gasteiger partial charge in [-0.2, -0.15) is 0 Å². The molecule has 0 aliphatic carbocycles. The van der Waals surface area contributed by atoms with Gasteiger partial charge in [-0.15, -0.1) is 0 Å². The number of rotatable bonds is 4. The van der Waals surface area contributed by atoms with E-state index in [4.69, 9.17) is 10.2 Å². The minimum atomic E-state index is 0. The van der Waals surface area contributed by atoms with Crippen LogP contribution < -0.4 is 0 Å². The SMILES string of the molecule is CCCCO.CCCCO.[Ti].[Ti]. The average molecular weight is 244 g/mol. The topological polar surface area (TPSA) is 40.5 Å². The molecule has 0 aliphatic rings. The predicted molar refractivity (Wildman–Crippen MR) is 44.0 cm³/mol. The zero-order chi connectivity index (χ0) is 8.24. The molecule has 0 fully saturated rings. The third-order valence-electron chi connectivity index (χ3n) is 1.02. The van der Waals surface area contributed by atoms with E-state index in [1.165, 1.54) is 0 Å². The molecule has 0 heterocycles. The van der Waals surface area contributed by atoms with Crippen LogP contribution in [0.3, 0.4) is 0 Å². The Hall–Kier alpha value is 1.35. The molecule has 12 heavy (non-hydrogen) atoms. The molecule has 0 unspecified atom stereocenters. The van der Waals surface area contributed by atoms with Crippen LogP contribution in [-0.2, 0) is 43.4 Å². The monoisotopic (exact) mass is 244 g/mol. The normalized spacial score (nSPS) is 7.00. The average Bonchev–Trinajstić information content (AvgIpc) is 1.93. The van der Waals surface area contributed by atoms with Gasteiger partial charge in [-0.1, -0.05) is 26.7 Å². The second-order valence-corrected chi connectivity index (χ2v) is 2.15. The van der Waals surface area contributed by atoms with Crippen molar-refractivity contribution in [2.75, 3.05) is 13.2 Å². The Morgan fingerprint density at radius 2 is 1.00 bits per heavy atom. The van der Waals surface area contributed by atoms with Crippen LogP contribution in [0.25, 0.3) is 0 Å². The van der Waals surface area contributed by atoms with E-state index in [-0.39, 0.29) is 43.4 Å². The van der Waals surface area contributed by atoms with E-state index in [0.717, 1.165) is 25.7 Å². The summed E-state index contributed by atoms with van der Waals surface area (Å²) in [5, 5.41) is 16.1. The molecule has 0 spiro atoms. The van der Waals surface area contributed by atoms with E-state index in [9.17, 15) is 0 Å². The largest absolute Gasteiger partial charge is 0.396 e. The summed E-state index contributed by atoms with van der Waals surface area (Å²) in [5.74, 6) is 0. The van der Waals surface area contributed by atoms with Crippen molar-refractivity contribution in [3.8, 4) is 0 Å². The number of unbranched alkanes of at least 4 members (excludes halogenated alkanes) is 2. The zero-order valence-corrected chi connectivity index (χ0v) is 11.3. The molecular formula is C8H20O2Ti2. The molecule has 0 aromatic heterocycles. The van der Waals surface area contributed by atoms with E-state index in [1.807, 2.05) is 0 Å². The van der Waals surface area contributed by atoms with E-state index in [0.29, 0.717) is 13.2 Å². The molecule has 0 radical (unpaired) electrons. The maximum absolute atomic E-state index is 8.07. The van der Waals surface area contributed by atoms with Gasteiger partial charge in [0.1, 0.15) is 0 Å². The predicted octanol–water partition coefficient (Wildman–Crippen LogP) is 1.55. The number of aliphatic hydroxyl groups is 2. The van der Waals surface area contributed by atoms with Gasteiger partial charge >= 0.3 is 0 Å². The molecule has 2 N–H and O–H groups in total. The molecule has 0 aliphatic heterocycles. The summed E-state index contributed by atoms with van der Waals surface area (Å²) in [6.07, 6.45) is 4.08. The van der Waals surface area contributed by atoms with Crippen LogP contribution in [0.15, 0.2) is 0 Å². The molecule has 0 amide bonds. The number of hydrogen-bond acceptors (Lipinski definition) is 2. The molecule has 0 bridgehead atoms. The van der Waals surface area contributed by atoms with Crippen LogP contribution in [0.4, 0.5) is 0 Å². The van der Waals surface area contributed by atoms with Gasteiger partial charge in [-0.25, -0.2) is 0 Å². The van der Waals surface area contributed by atoms with Crippen molar-refractivity contribution in [1.82, 2.24) is 0 Å². The summed E-state index contributed by atoms with van der Waals surface area (Å²) in [4.78, 5) is 0. The Morgan fingerprint density at radius 1 is 0.750 bits per heavy atom. The fraction of sp³-hybridized carbons (Fsp3) is 1.00. The summed E-state index contributed by atoms with van der Waals surface area (Å²) < 4.78 is 0. The van der Waals surface area contributed by atoms with E-state index in [2.05, 4.69) is 13.8 Å². The molecule has 0 rings (SSSR count). The third kappa shape index (κ3) is 42.5. The summed E-state index contributed by atoms with van der Waals surface area (Å²) >= 11 is 0. The van der Waals surface area contributed by atoms with Crippen LogP contribution in [-0.4, -0.2) is 23.4 Å². The summed E-state index contributed by atoms with van der Waals surface area (Å²) in [6.45, 7) is 4.79. The molecule has 2 nitrogen and oxygen atoms in total. The van der Waals surface area contributed by atoms with Gasteiger partial charge in [0.15, 0.2) is 0 Å². The molecular weight excluding hydrogens is 224 g/mol. The van der Waals surface area contributed by atoms with Crippen molar-refractivity contribution in [3.63, 3.8) is 0 Å². The van der Waals surface area contributed by atoms with E-state index in [1.54, 1.807) is 0 Å². The summed E-state index contributed by atoms with van der Waals surface area (Å²) in [6, 6.07) is 0. The minimum Gasteiger partial charge on any atom is -0.396 e. The molecule has 0 saturated carbocycles. The first-order chi connectivity index (χ1) is 4.83. The smallest absolute Gasteiger partial charge is 0.0430 e. The maximum Gasteiger partial charge on any atom is 0.0430 e. The first kappa shape index (κ1) is 23.3. The number of hydrogen-bond donors (Lipinski definition) is 2. The summed E-state index contributed by atoms with van der Waals surface area (Å²) in [5.41, 5.74) is 0. The van der Waals surface area contributed by atoms with Gasteiger partial charge in [-0.3, -0.25) is 0 Å². The third-order valence-corrected chi connectivity index (χ3v) is 1.02. The van der Waals surface area contributed by atoms with Crippen LogP contribution in [0.1, 0.15) is 39.5 Å². The Morgan fingerprint density at radius 3 is 1.00 bits per heavy atom. The first-order valence-electron chi connectivity index (χ1n) is 4.05. The Balaban J connectivity index is -0.0000000457. The van der Waals surface area contributed by atoms with Gasteiger partial charge in [-0.05, 0) is 12.8 Å². The van der Waals surface area contributed by atoms with Crippen LogP contribution >= 0.6 is 0 Å².